The van der Waals surface area contributed by atoms with Crippen LogP contribution in [0.3, 0.4) is 0 Å². The minimum absolute atomic E-state index is 0.0802. The lowest BCUT2D eigenvalue weighted by molar-refractivity contribution is -0.121. The van der Waals surface area contributed by atoms with Gasteiger partial charge in [-0.15, -0.1) is 0 Å². The van der Waals surface area contributed by atoms with Gasteiger partial charge >= 0.3 is 0 Å². The number of hydrogen-bond acceptors (Lipinski definition) is 3. The monoisotopic (exact) mass is 277 g/mol. The van der Waals surface area contributed by atoms with Crippen LogP contribution in [0.5, 0.6) is 0 Å². The lowest BCUT2D eigenvalue weighted by atomic mass is 9.87. The molecular weight excluding hydrogens is 254 g/mol. The minimum atomic E-state index is -0.206. The van der Waals surface area contributed by atoms with Crippen molar-refractivity contribution >= 4 is 5.91 Å². The molecule has 1 aromatic rings. The summed E-state index contributed by atoms with van der Waals surface area (Å²) in [5.74, 6) is 1.17. The molecule has 110 valence electrons. The second kappa shape index (κ2) is 6.20. The zero-order valence-electron chi connectivity index (χ0n) is 12.5. The molecule has 20 heavy (non-hydrogen) atoms. The molecule has 1 aromatic heterocycles. The minimum Gasteiger partial charge on any atom is -0.353 e. The van der Waals surface area contributed by atoms with E-state index in [2.05, 4.69) is 22.2 Å². The molecule has 1 heterocycles. The fourth-order valence-electron chi connectivity index (χ4n) is 2.96. The van der Waals surface area contributed by atoms with Gasteiger partial charge in [0.25, 0.3) is 5.56 Å². The summed E-state index contributed by atoms with van der Waals surface area (Å²) in [5.41, 5.74) is 0.900. The lowest BCUT2D eigenvalue weighted by Crippen LogP contribution is -2.39. The molecule has 1 saturated carbocycles. The van der Waals surface area contributed by atoms with Crippen LogP contribution in [-0.4, -0.2) is 21.9 Å². The highest BCUT2D eigenvalue weighted by Gasteiger charge is 2.21. The fraction of sp³-hybridized carbons (Fsp3) is 0.667. The van der Waals surface area contributed by atoms with Crippen LogP contribution in [0.25, 0.3) is 0 Å². The van der Waals surface area contributed by atoms with Crippen molar-refractivity contribution in [1.29, 1.82) is 0 Å². The van der Waals surface area contributed by atoms with E-state index in [0.29, 0.717) is 23.0 Å². The third-order valence-corrected chi connectivity index (χ3v) is 3.98. The Balaban J connectivity index is 2.00. The standard InChI is InChI=1S/C15H23N3O2/c1-9-5-4-6-12(7-9)18-14(19)8-13-10(2)16-11(3)17-15(13)20/h9,12H,4-8H2,1-3H3,(H,18,19)(H,16,17,20)/t9-,12-/m0/s1. The maximum Gasteiger partial charge on any atom is 0.254 e. The number of carbonyl (C=O) groups excluding carboxylic acids is 1. The van der Waals surface area contributed by atoms with Crippen molar-refractivity contribution < 1.29 is 4.79 Å². The van der Waals surface area contributed by atoms with Crippen molar-refractivity contribution in [1.82, 2.24) is 15.3 Å². The Kier molecular flexibility index (Phi) is 4.57. The van der Waals surface area contributed by atoms with Crippen molar-refractivity contribution in [3.63, 3.8) is 0 Å². The van der Waals surface area contributed by atoms with E-state index in [1.165, 1.54) is 6.42 Å². The molecule has 0 aromatic carbocycles. The average molecular weight is 277 g/mol. The van der Waals surface area contributed by atoms with Gasteiger partial charge in [-0.05, 0) is 32.6 Å². The van der Waals surface area contributed by atoms with Crippen molar-refractivity contribution in [3.8, 4) is 0 Å². The normalized spacial score (nSPS) is 22.6. The first-order valence-electron chi connectivity index (χ1n) is 7.31. The molecule has 1 aliphatic rings. The van der Waals surface area contributed by atoms with Gasteiger partial charge in [-0.3, -0.25) is 9.59 Å². The van der Waals surface area contributed by atoms with E-state index in [-0.39, 0.29) is 23.9 Å². The van der Waals surface area contributed by atoms with Gasteiger partial charge in [0.2, 0.25) is 5.91 Å². The quantitative estimate of drug-likeness (QED) is 0.881. The van der Waals surface area contributed by atoms with E-state index in [1.54, 1.807) is 13.8 Å². The number of nitrogens with one attached hydrogen (secondary N) is 2. The molecule has 1 amide bonds. The van der Waals surface area contributed by atoms with Crippen LogP contribution in [0, 0.1) is 19.8 Å². The van der Waals surface area contributed by atoms with Crippen LogP contribution in [0.15, 0.2) is 4.79 Å². The molecular formula is C15H23N3O2. The first kappa shape index (κ1) is 14.8. The van der Waals surface area contributed by atoms with Gasteiger partial charge in [-0.1, -0.05) is 19.8 Å². The Labute approximate surface area is 119 Å². The zero-order chi connectivity index (χ0) is 14.7. The summed E-state index contributed by atoms with van der Waals surface area (Å²) >= 11 is 0. The molecule has 0 aliphatic heterocycles. The second-order valence-corrected chi connectivity index (χ2v) is 5.93. The summed E-state index contributed by atoms with van der Waals surface area (Å²) in [6.45, 7) is 5.73. The summed E-state index contributed by atoms with van der Waals surface area (Å²) in [4.78, 5) is 30.8. The molecule has 5 nitrogen and oxygen atoms in total. The number of rotatable bonds is 3. The zero-order valence-corrected chi connectivity index (χ0v) is 12.5. The molecule has 1 fully saturated rings. The number of H-pyrrole nitrogens is 1. The smallest absolute Gasteiger partial charge is 0.254 e. The van der Waals surface area contributed by atoms with E-state index >= 15 is 0 Å². The highest BCUT2D eigenvalue weighted by atomic mass is 16.2. The van der Waals surface area contributed by atoms with Crippen molar-refractivity contribution in [3.05, 3.63) is 27.4 Å². The summed E-state index contributed by atoms with van der Waals surface area (Å²) in [7, 11) is 0. The number of carbonyl (C=O) groups is 1. The Morgan fingerprint density at radius 2 is 2.15 bits per heavy atom. The molecule has 0 unspecified atom stereocenters. The number of aromatic amines is 1. The Morgan fingerprint density at radius 1 is 1.40 bits per heavy atom. The summed E-state index contributed by atoms with van der Waals surface area (Å²) in [6.07, 6.45) is 4.59. The highest BCUT2D eigenvalue weighted by molar-refractivity contribution is 5.79. The first-order valence-corrected chi connectivity index (χ1v) is 7.31. The van der Waals surface area contributed by atoms with Crippen LogP contribution in [0.2, 0.25) is 0 Å². The van der Waals surface area contributed by atoms with Crippen LogP contribution in [0.4, 0.5) is 0 Å². The van der Waals surface area contributed by atoms with Gasteiger partial charge in [-0.2, -0.15) is 0 Å². The van der Waals surface area contributed by atoms with Crippen LogP contribution in [0.1, 0.15) is 49.7 Å². The van der Waals surface area contributed by atoms with Gasteiger partial charge in [0, 0.05) is 17.3 Å². The van der Waals surface area contributed by atoms with Gasteiger partial charge in [-0.25, -0.2) is 4.98 Å². The van der Waals surface area contributed by atoms with Crippen molar-refractivity contribution in [2.24, 2.45) is 5.92 Å². The maximum atomic E-state index is 12.1. The van der Waals surface area contributed by atoms with Gasteiger partial charge in [0.05, 0.1) is 6.42 Å². The van der Waals surface area contributed by atoms with E-state index in [9.17, 15) is 9.59 Å². The predicted octanol–water partition coefficient (Wildman–Crippen LogP) is 1.62. The van der Waals surface area contributed by atoms with Crippen molar-refractivity contribution in [2.75, 3.05) is 0 Å². The number of nitrogens with zero attached hydrogens (tertiary/aromatic N) is 1. The van der Waals surface area contributed by atoms with E-state index in [0.717, 1.165) is 19.3 Å². The Hall–Kier alpha value is -1.65. The molecule has 1 aliphatic carbocycles. The number of hydrogen-bond donors (Lipinski definition) is 2. The largest absolute Gasteiger partial charge is 0.353 e. The fourth-order valence-corrected chi connectivity index (χ4v) is 2.96. The van der Waals surface area contributed by atoms with Crippen molar-refractivity contribution in [2.45, 2.75) is 58.9 Å². The van der Waals surface area contributed by atoms with Crippen LogP contribution >= 0.6 is 0 Å². The topological polar surface area (TPSA) is 74.8 Å². The molecule has 2 atom stereocenters. The molecule has 0 radical (unpaired) electrons. The van der Waals surface area contributed by atoms with Gasteiger partial charge in [0.1, 0.15) is 5.82 Å². The SMILES string of the molecule is Cc1nc(C)c(CC(=O)N[C@H]2CCC[C@H](C)C2)c(=O)[nH]1. The van der Waals surface area contributed by atoms with Crippen LogP contribution < -0.4 is 10.9 Å². The second-order valence-electron chi connectivity index (χ2n) is 5.93. The molecule has 5 heteroatoms. The first-order chi connectivity index (χ1) is 9.45. The van der Waals surface area contributed by atoms with E-state index in [1.807, 2.05) is 0 Å². The molecule has 0 bridgehead atoms. The third-order valence-electron chi connectivity index (χ3n) is 3.98. The van der Waals surface area contributed by atoms with E-state index < -0.39 is 0 Å². The maximum absolute atomic E-state index is 12.1. The Morgan fingerprint density at radius 3 is 2.80 bits per heavy atom. The molecule has 0 spiro atoms. The molecule has 2 N–H and O–H groups in total. The van der Waals surface area contributed by atoms with Crippen LogP contribution in [-0.2, 0) is 11.2 Å². The highest BCUT2D eigenvalue weighted by Crippen LogP contribution is 2.23. The molecule has 2 rings (SSSR count). The summed E-state index contributed by atoms with van der Waals surface area (Å²) in [6, 6.07) is 0.254. The summed E-state index contributed by atoms with van der Waals surface area (Å²) < 4.78 is 0. The van der Waals surface area contributed by atoms with Gasteiger partial charge < -0.3 is 10.3 Å². The summed E-state index contributed by atoms with van der Waals surface area (Å²) in [5, 5.41) is 3.05. The number of aryl methyl sites for hydroxylation is 2. The average Bonchev–Trinajstić information content (AvgIpc) is 2.33. The van der Waals surface area contributed by atoms with Gasteiger partial charge in [0.15, 0.2) is 0 Å². The third kappa shape index (κ3) is 3.68. The predicted molar refractivity (Wildman–Crippen MR) is 77.6 cm³/mol. The Bertz CT molecular complexity index is 551. The number of aromatic nitrogens is 2. The number of amides is 1. The molecule has 0 saturated heterocycles. The lowest BCUT2D eigenvalue weighted by Gasteiger charge is -2.27. The van der Waals surface area contributed by atoms with E-state index in [4.69, 9.17) is 0 Å².